The number of unbranched alkanes of at least 4 members (excludes halogenated alkanes) is 2. The van der Waals surface area contributed by atoms with Crippen LogP contribution in [0.15, 0.2) is 24.8 Å². The summed E-state index contributed by atoms with van der Waals surface area (Å²) in [5, 5.41) is 0. The Morgan fingerprint density at radius 3 is 2.19 bits per heavy atom. The second kappa shape index (κ2) is 12.2. The van der Waals surface area contributed by atoms with E-state index in [1.54, 1.807) is 0 Å². The van der Waals surface area contributed by atoms with E-state index in [1.165, 1.54) is 20.8 Å². The number of carbonyl (C=O) groups excluding carboxylic acids is 3. The van der Waals surface area contributed by atoms with Crippen LogP contribution in [-0.2, 0) is 38.1 Å². The molecule has 8 heteroatoms. The fraction of sp³-hybridized carbons (Fsp3) is 0.632. The lowest BCUT2D eigenvalue weighted by molar-refractivity contribution is -0.278. The Morgan fingerprint density at radius 2 is 1.59 bits per heavy atom. The van der Waals surface area contributed by atoms with Gasteiger partial charge in [-0.1, -0.05) is 18.2 Å². The van der Waals surface area contributed by atoms with Gasteiger partial charge in [-0.05, 0) is 19.3 Å². The van der Waals surface area contributed by atoms with Crippen molar-refractivity contribution in [2.75, 3.05) is 13.2 Å². The molecular formula is C19H28O8. The molecular weight excluding hydrogens is 356 g/mol. The quantitative estimate of drug-likeness (QED) is 0.244. The molecule has 0 N–H and O–H groups in total. The number of allylic oxidation sites excluding steroid dienone is 2. The number of hydrogen-bond donors (Lipinski definition) is 0. The minimum atomic E-state index is -1.06. The van der Waals surface area contributed by atoms with Gasteiger partial charge in [0.25, 0.3) is 0 Å². The molecule has 1 aliphatic rings. The molecule has 0 saturated carbocycles. The van der Waals surface area contributed by atoms with Gasteiger partial charge in [0.15, 0.2) is 24.6 Å². The van der Waals surface area contributed by atoms with Gasteiger partial charge in [0.1, 0.15) is 0 Å². The molecule has 0 bridgehead atoms. The van der Waals surface area contributed by atoms with Crippen molar-refractivity contribution >= 4 is 17.9 Å². The first-order valence-electron chi connectivity index (χ1n) is 8.86. The minimum Gasteiger partial charge on any atom is -0.456 e. The molecule has 0 aliphatic carbocycles. The molecule has 0 radical (unpaired) electrons. The molecule has 1 fully saturated rings. The van der Waals surface area contributed by atoms with E-state index in [-0.39, 0.29) is 13.2 Å². The van der Waals surface area contributed by atoms with Crippen molar-refractivity contribution in [1.29, 1.82) is 0 Å². The summed E-state index contributed by atoms with van der Waals surface area (Å²) in [6, 6.07) is 0. The van der Waals surface area contributed by atoms with E-state index in [4.69, 9.17) is 23.7 Å². The van der Waals surface area contributed by atoms with E-state index < -0.39 is 42.5 Å². The van der Waals surface area contributed by atoms with E-state index in [9.17, 15) is 14.4 Å². The van der Waals surface area contributed by atoms with Gasteiger partial charge in [0, 0.05) is 20.8 Å². The number of ether oxygens (including phenoxy) is 5. The average Bonchev–Trinajstić information content (AvgIpc) is 2.57. The van der Waals surface area contributed by atoms with Crippen LogP contribution in [0.5, 0.6) is 0 Å². The molecule has 4 atom stereocenters. The Morgan fingerprint density at radius 1 is 0.963 bits per heavy atom. The van der Waals surface area contributed by atoms with E-state index in [0.717, 1.165) is 19.3 Å². The van der Waals surface area contributed by atoms with Gasteiger partial charge in [0.05, 0.1) is 13.2 Å². The zero-order valence-electron chi connectivity index (χ0n) is 16.1. The van der Waals surface area contributed by atoms with Crippen molar-refractivity contribution < 1.29 is 38.1 Å². The molecule has 0 aromatic rings. The van der Waals surface area contributed by atoms with E-state index in [1.807, 2.05) is 18.2 Å². The molecule has 0 unspecified atom stereocenters. The van der Waals surface area contributed by atoms with Crippen LogP contribution in [-0.4, -0.2) is 55.7 Å². The van der Waals surface area contributed by atoms with Crippen LogP contribution in [0, 0.1) is 0 Å². The largest absolute Gasteiger partial charge is 0.456 e. The highest BCUT2D eigenvalue weighted by atomic mass is 16.7. The summed E-state index contributed by atoms with van der Waals surface area (Å²) in [4.78, 5) is 34.3. The van der Waals surface area contributed by atoms with Crippen molar-refractivity contribution in [3.05, 3.63) is 24.8 Å². The third-order valence-electron chi connectivity index (χ3n) is 3.61. The average molecular weight is 384 g/mol. The molecule has 0 spiro atoms. The maximum atomic E-state index is 11.5. The normalized spacial score (nSPS) is 25.0. The van der Waals surface area contributed by atoms with Gasteiger partial charge in [-0.2, -0.15) is 0 Å². The molecule has 1 heterocycles. The SMILES string of the molecule is C=CCCC/C=C/CO[C@@H]1OC[C@H](OC(C)=O)[C@H](OC(C)=O)[C@H]1OC(C)=O. The summed E-state index contributed by atoms with van der Waals surface area (Å²) in [5.74, 6) is -1.76. The molecule has 152 valence electrons. The first kappa shape index (κ1) is 22.9. The van der Waals surface area contributed by atoms with Gasteiger partial charge in [-0.3, -0.25) is 14.4 Å². The smallest absolute Gasteiger partial charge is 0.303 e. The Labute approximate surface area is 159 Å². The highest BCUT2D eigenvalue weighted by Gasteiger charge is 2.47. The first-order valence-corrected chi connectivity index (χ1v) is 8.86. The monoisotopic (exact) mass is 384 g/mol. The van der Waals surface area contributed by atoms with E-state index in [0.29, 0.717) is 0 Å². The zero-order valence-corrected chi connectivity index (χ0v) is 16.1. The van der Waals surface area contributed by atoms with Gasteiger partial charge in [0.2, 0.25) is 0 Å². The Hall–Kier alpha value is -2.19. The number of esters is 3. The van der Waals surface area contributed by atoms with Crippen LogP contribution in [0.4, 0.5) is 0 Å². The van der Waals surface area contributed by atoms with E-state index >= 15 is 0 Å². The topological polar surface area (TPSA) is 97.4 Å². The lowest BCUT2D eigenvalue weighted by Gasteiger charge is -2.40. The predicted molar refractivity (Wildman–Crippen MR) is 95.5 cm³/mol. The highest BCUT2D eigenvalue weighted by Crippen LogP contribution is 2.25. The van der Waals surface area contributed by atoms with Gasteiger partial charge in [-0.25, -0.2) is 0 Å². The van der Waals surface area contributed by atoms with Gasteiger partial charge < -0.3 is 23.7 Å². The van der Waals surface area contributed by atoms with Crippen LogP contribution >= 0.6 is 0 Å². The second-order valence-electron chi connectivity index (χ2n) is 6.02. The molecule has 1 saturated heterocycles. The third kappa shape index (κ3) is 8.83. The predicted octanol–water partition coefficient (Wildman–Crippen LogP) is 2.07. The van der Waals surface area contributed by atoms with Crippen LogP contribution in [0.3, 0.4) is 0 Å². The maximum absolute atomic E-state index is 11.5. The summed E-state index contributed by atoms with van der Waals surface area (Å²) in [7, 11) is 0. The van der Waals surface area contributed by atoms with Gasteiger partial charge in [-0.15, -0.1) is 6.58 Å². The number of rotatable bonds is 10. The zero-order chi connectivity index (χ0) is 20.2. The summed E-state index contributed by atoms with van der Waals surface area (Å²) in [6.45, 7) is 7.50. The molecule has 8 nitrogen and oxygen atoms in total. The van der Waals surface area contributed by atoms with Crippen LogP contribution in [0.2, 0.25) is 0 Å². The lowest BCUT2D eigenvalue weighted by atomic mass is 10.0. The molecule has 0 aromatic carbocycles. The Bertz CT molecular complexity index is 542. The van der Waals surface area contributed by atoms with Crippen LogP contribution in [0.25, 0.3) is 0 Å². The summed E-state index contributed by atoms with van der Waals surface area (Å²) in [5.41, 5.74) is 0. The minimum absolute atomic E-state index is 0.0526. The van der Waals surface area contributed by atoms with Crippen LogP contribution in [0.1, 0.15) is 40.0 Å². The summed E-state index contributed by atoms with van der Waals surface area (Å²) in [6.07, 6.45) is 4.55. The van der Waals surface area contributed by atoms with Crippen molar-refractivity contribution in [2.45, 2.75) is 64.6 Å². The Kier molecular flexibility index (Phi) is 10.4. The molecule has 0 amide bonds. The second-order valence-corrected chi connectivity index (χ2v) is 6.02. The van der Waals surface area contributed by atoms with Crippen LogP contribution < -0.4 is 0 Å². The van der Waals surface area contributed by atoms with E-state index in [2.05, 4.69) is 6.58 Å². The Balaban J connectivity index is 2.77. The molecule has 0 aromatic heterocycles. The van der Waals surface area contributed by atoms with Crippen molar-refractivity contribution in [3.8, 4) is 0 Å². The van der Waals surface area contributed by atoms with Gasteiger partial charge >= 0.3 is 17.9 Å². The summed E-state index contributed by atoms with van der Waals surface area (Å²) >= 11 is 0. The number of carbonyl (C=O) groups is 3. The highest BCUT2D eigenvalue weighted by molar-refractivity contribution is 5.68. The first-order chi connectivity index (χ1) is 12.8. The standard InChI is InChI=1S/C19H28O8/c1-5-6-7-8-9-10-11-23-19-18(27-15(4)22)17(26-14(3)21)16(12-24-19)25-13(2)20/h5,9-10,16-19H,1,6-8,11-12H2,2-4H3/b10-9+/t16-,17-,18+,19+/m0/s1. The van der Waals surface area contributed by atoms with Crippen molar-refractivity contribution in [3.63, 3.8) is 0 Å². The van der Waals surface area contributed by atoms with Crippen molar-refractivity contribution in [1.82, 2.24) is 0 Å². The molecule has 1 rings (SSSR count). The molecule has 27 heavy (non-hydrogen) atoms. The maximum Gasteiger partial charge on any atom is 0.303 e. The fourth-order valence-electron chi connectivity index (χ4n) is 2.57. The third-order valence-corrected chi connectivity index (χ3v) is 3.61. The fourth-order valence-corrected chi connectivity index (χ4v) is 2.57. The lowest BCUT2D eigenvalue weighted by Crippen LogP contribution is -2.58. The number of hydrogen-bond acceptors (Lipinski definition) is 8. The molecule has 1 aliphatic heterocycles. The van der Waals surface area contributed by atoms with Crippen molar-refractivity contribution in [2.24, 2.45) is 0 Å². The summed E-state index contributed by atoms with van der Waals surface area (Å²) < 4.78 is 26.8.